The highest BCUT2D eigenvalue weighted by atomic mass is 32.1. The number of H-pyrrole nitrogens is 1. The van der Waals surface area contributed by atoms with Gasteiger partial charge in [0.2, 0.25) is 0 Å². The molecular weight excluding hydrogens is 344 g/mol. The molecule has 2 heterocycles. The van der Waals surface area contributed by atoms with Crippen molar-refractivity contribution >= 4 is 27.5 Å². The van der Waals surface area contributed by atoms with Crippen LogP contribution in [0.4, 0.5) is 0 Å². The lowest BCUT2D eigenvalue weighted by Gasteiger charge is -2.04. The third-order valence-corrected chi connectivity index (χ3v) is 4.74. The highest BCUT2D eigenvalue weighted by Crippen LogP contribution is 2.31. The van der Waals surface area contributed by atoms with Crippen molar-refractivity contribution in [2.75, 3.05) is 13.7 Å². The Bertz CT molecular complexity index is 1030. The van der Waals surface area contributed by atoms with Crippen molar-refractivity contribution in [2.24, 2.45) is 0 Å². The van der Waals surface area contributed by atoms with Crippen LogP contribution in [0.1, 0.15) is 6.92 Å². The number of ether oxygens (including phenoxy) is 2. The van der Waals surface area contributed by atoms with Gasteiger partial charge in [-0.25, -0.2) is 9.36 Å². The predicted molar refractivity (Wildman–Crippen MR) is 95.3 cm³/mol. The Morgan fingerprint density at radius 2 is 1.96 bits per heavy atom. The second-order valence-corrected chi connectivity index (χ2v) is 6.26. The van der Waals surface area contributed by atoms with Crippen LogP contribution in [0, 0.1) is 0 Å². The number of hydrogen-bond donors (Lipinski definition) is 1. The molecule has 3 rings (SSSR count). The van der Waals surface area contributed by atoms with Gasteiger partial charge in [0.15, 0.2) is 0 Å². The van der Waals surface area contributed by atoms with Gasteiger partial charge in [-0.2, -0.15) is 0 Å². The van der Waals surface area contributed by atoms with E-state index in [1.807, 2.05) is 24.3 Å². The zero-order valence-corrected chi connectivity index (χ0v) is 14.5. The molecule has 0 aliphatic heterocycles. The van der Waals surface area contributed by atoms with E-state index in [0.29, 0.717) is 10.2 Å². The average molecular weight is 360 g/mol. The lowest BCUT2D eigenvalue weighted by Crippen LogP contribution is -2.37. The molecule has 130 valence electrons. The minimum absolute atomic E-state index is 0.188. The summed E-state index contributed by atoms with van der Waals surface area (Å²) in [4.78, 5) is 40.2. The summed E-state index contributed by atoms with van der Waals surface area (Å²) in [5.74, 6) is 0.107. The van der Waals surface area contributed by atoms with Gasteiger partial charge >= 0.3 is 11.7 Å². The Labute approximate surface area is 146 Å². The van der Waals surface area contributed by atoms with Crippen LogP contribution in [-0.2, 0) is 16.1 Å². The summed E-state index contributed by atoms with van der Waals surface area (Å²) in [5.41, 5.74) is -0.240. The first kappa shape index (κ1) is 17.0. The van der Waals surface area contributed by atoms with Crippen LogP contribution in [0.15, 0.2) is 39.9 Å². The smallest absolute Gasteiger partial charge is 0.329 e. The highest BCUT2D eigenvalue weighted by molar-refractivity contribution is 7.21. The highest BCUT2D eigenvalue weighted by Gasteiger charge is 2.15. The number of nitrogens with zero attached hydrogens (tertiary/aromatic N) is 1. The third kappa shape index (κ3) is 3.34. The van der Waals surface area contributed by atoms with Crippen molar-refractivity contribution in [3.05, 3.63) is 51.2 Å². The molecule has 2 aromatic heterocycles. The van der Waals surface area contributed by atoms with E-state index in [-0.39, 0.29) is 6.61 Å². The van der Waals surface area contributed by atoms with E-state index in [4.69, 9.17) is 9.47 Å². The Morgan fingerprint density at radius 3 is 2.60 bits per heavy atom. The lowest BCUT2D eigenvalue weighted by atomic mass is 10.2. The molecule has 0 atom stereocenters. The number of carbonyl (C=O) groups is 1. The number of benzene rings is 1. The van der Waals surface area contributed by atoms with Gasteiger partial charge < -0.3 is 9.47 Å². The zero-order valence-electron chi connectivity index (χ0n) is 13.7. The summed E-state index contributed by atoms with van der Waals surface area (Å²) >= 11 is 1.30. The number of aromatic nitrogens is 2. The van der Waals surface area contributed by atoms with Gasteiger partial charge in [0.1, 0.15) is 17.1 Å². The first-order valence-corrected chi connectivity index (χ1v) is 8.42. The molecule has 0 saturated carbocycles. The monoisotopic (exact) mass is 360 g/mol. The van der Waals surface area contributed by atoms with E-state index in [0.717, 1.165) is 20.8 Å². The van der Waals surface area contributed by atoms with Gasteiger partial charge in [-0.15, -0.1) is 11.3 Å². The standard InChI is InChI=1S/C17H16N2O5S/c1-3-24-14(20)9-19-16(21)12-8-13(25-15(12)18-17(19)22)10-4-6-11(23-2)7-5-10/h4-8H,3,9H2,1-2H3,(H,18,22). The fraction of sp³-hybridized carbons (Fsp3) is 0.235. The summed E-state index contributed by atoms with van der Waals surface area (Å²) in [5, 5.41) is 0.361. The number of thiophene rings is 1. The Hall–Kier alpha value is -2.87. The molecule has 0 aliphatic carbocycles. The van der Waals surface area contributed by atoms with Crippen LogP contribution >= 0.6 is 11.3 Å². The Balaban J connectivity index is 2.05. The molecule has 0 unspecified atom stereocenters. The van der Waals surface area contributed by atoms with E-state index in [1.54, 1.807) is 20.1 Å². The number of nitrogens with one attached hydrogen (secondary N) is 1. The van der Waals surface area contributed by atoms with E-state index in [9.17, 15) is 14.4 Å². The van der Waals surface area contributed by atoms with Crippen LogP contribution in [0.5, 0.6) is 5.75 Å². The number of carbonyl (C=O) groups excluding carboxylic acids is 1. The fourth-order valence-corrected chi connectivity index (χ4v) is 3.47. The summed E-state index contributed by atoms with van der Waals surface area (Å²) in [6.45, 7) is 1.44. The van der Waals surface area contributed by atoms with Crippen molar-refractivity contribution in [2.45, 2.75) is 13.5 Å². The first-order valence-electron chi connectivity index (χ1n) is 7.60. The van der Waals surface area contributed by atoms with Crippen molar-refractivity contribution in [3.63, 3.8) is 0 Å². The van der Waals surface area contributed by atoms with Crippen LogP contribution in [0.25, 0.3) is 20.7 Å². The largest absolute Gasteiger partial charge is 0.497 e. The second kappa shape index (κ2) is 6.94. The third-order valence-electron chi connectivity index (χ3n) is 3.64. The van der Waals surface area contributed by atoms with E-state index < -0.39 is 23.8 Å². The number of methoxy groups -OCH3 is 1. The molecule has 0 spiro atoms. The van der Waals surface area contributed by atoms with Crippen LogP contribution in [0.3, 0.4) is 0 Å². The summed E-state index contributed by atoms with van der Waals surface area (Å²) in [6, 6.07) is 9.10. The molecule has 0 bridgehead atoms. The number of rotatable bonds is 5. The molecule has 0 fully saturated rings. The van der Waals surface area contributed by atoms with Gasteiger partial charge in [-0.05, 0) is 42.8 Å². The maximum atomic E-state index is 12.6. The van der Waals surface area contributed by atoms with Crippen molar-refractivity contribution in [3.8, 4) is 16.2 Å². The van der Waals surface area contributed by atoms with Crippen molar-refractivity contribution < 1.29 is 14.3 Å². The molecule has 1 aromatic carbocycles. The van der Waals surface area contributed by atoms with E-state index >= 15 is 0 Å². The lowest BCUT2D eigenvalue weighted by molar-refractivity contribution is -0.143. The van der Waals surface area contributed by atoms with Gasteiger partial charge in [0, 0.05) is 4.88 Å². The summed E-state index contributed by atoms with van der Waals surface area (Å²) in [6.07, 6.45) is 0. The van der Waals surface area contributed by atoms with Gasteiger partial charge in [0.25, 0.3) is 5.56 Å². The molecule has 0 radical (unpaired) electrons. The molecule has 7 nitrogen and oxygen atoms in total. The zero-order chi connectivity index (χ0) is 18.0. The van der Waals surface area contributed by atoms with Crippen LogP contribution in [0.2, 0.25) is 0 Å². The normalized spacial score (nSPS) is 10.8. The topological polar surface area (TPSA) is 90.4 Å². The number of aromatic amines is 1. The molecule has 0 aliphatic rings. The maximum Gasteiger partial charge on any atom is 0.329 e. The van der Waals surface area contributed by atoms with Crippen molar-refractivity contribution in [1.29, 1.82) is 0 Å². The molecule has 1 N–H and O–H groups in total. The minimum atomic E-state index is -0.631. The Kier molecular flexibility index (Phi) is 4.71. The average Bonchev–Trinajstić information content (AvgIpc) is 3.03. The fourth-order valence-electron chi connectivity index (χ4n) is 2.42. The quantitative estimate of drug-likeness (QED) is 0.703. The van der Waals surface area contributed by atoms with E-state index in [1.165, 1.54) is 11.3 Å². The van der Waals surface area contributed by atoms with E-state index in [2.05, 4.69) is 4.98 Å². The number of esters is 1. The Morgan fingerprint density at radius 1 is 1.24 bits per heavy atom. The van der Waals surface area contributed by atoms with Crippen LogP contribution in [-0.4, -0.2) is 29.2 Å². The van der Waals surface area contributed by atoms with Crippen molar-refractivity contribution in [1.82, 2.24) is 9.55 Å². The van der Waals surface area contributed by atoms with Crippen LogP contribution < -0.4 is 16.0 Å². The molecule has 25 heavy (non-hydrogen) atoms. The molecule has 0 amide bonds. The molecule has 0 saturated heterocycles. The first-order chi connectivity index (χ1) is 12.0. The number of hydrogen-bond acceptors (Lipinski definition) is 6. The van der Waals surface area contributed by atoms with Gasteiger partial charge in [0.05, 0.1) is 19.1 Å². The maximum absolute atomic E-state index is 12.6. The summed E-state index contributed by atoms with van der Waals surface area (Å²) in [7, 11) is 1.59. The SMILES string of the molecule is CCOC(=O)Cn1c(=O)[nH]c2sc(-c3ccc(OC)cc3)cc2c1=O. The number of fused-ring (bicyclic) bond motifs is 1. The predicted octanol–water partition coefficient (Wildman–Crippen LogP) is 1.99. The van der Waals surface area contributed by atoms with Gasteiger partial charge in [-0.3, -0.25) is 14.6 Å². The minimum Gasteiger partial charge on any atom is -0.497 e. The second-order valence-electron chi connectivity index (χ2n) is 5.21. The van der Waals surface area contributed by atoms with Gasteiger partial charge in [-0.1, -0.05) is 0 Å². The molecule has 3 aromatic rings. The summed E-state index contributed by atoms with van der Waals surface area (Å²) < 4.78 is 10.8. The molecule has 8 heteroatoms. The molecular formula is C17H16N2O5S.